The van der Waals surface area contributed by atoms with Crippen molar-refractivity contribution >= 4 is 17.7 Å². The van der Waals surface area contributed by atoms with Gasteiger partial charge in [-0.15, -0.1) is 0 Å². The van der Waals surface area contributed by atoms with Crippen LogP contribution in [0.2, 0.25) is 0 Å². The van der Waals surface area contributed by atoms with Gasteiger partial charge in [0.1, 0.15) is 11.5 Å². The number of carbonyl (C=O) groups excluding carboxylic acids is 2. The van der Waals surface area contributed by atoms with Gasteiger partial charge in [0.05, 0.1) is 13.7 Å². The molecule has 0 aliphatic rings. The summed E-state index contributed by atoms with van der Waals surface area (Å²) in [6.07, 6.45) is -0.542. The number of hydrogen-bond donors (Lipinski definition) is 2. The van der Waals surface area contributed by atoms with Gasteiger partial charge in [-0.2, -0.15) is 0 Å². The highest BCUT2D eigenvalue weighted by molar-refractivity contribution is 5.84. The van der Waals surface area contributed by atoms with Gasteiger partial charge in [0, 0.05) is 23.9 Å². The molecule has 138 valence electrons. The number of hydrogen-bond acceptors (Lipinski definition) is 5. The predicted molar refractivity (Wildman–Crippen MR) is 97.4 cm³/mol. The Labute approximate surface area is 152 Å². The molecular formula is C19H22N2O5. The molecule has 0 saturated heterocycles. The first-order valence-electron chi connectivity index (χ1n) is 8.17. The highest BCUT2D eigenvalue weighted by Crippen LogP contribution is 2.18. The molecular weight excluding hydrogens is 336 g/mol. The van der Waals surface area contributed by atoms with Gasteiger partial charge < -0.3 is 19.5 Å². The van der Waals surface area contributed by atoms with E-state index in [1.165, 1.54) is 0 Å². The van der Waals surface area contributed by atoms with Crippen molar-refractivity contribution in [2.75, 3.05) is 25.6 Å². The van der Waals surface area contributed by atoms with Gasteiger partial charge >= 0.3 is 6.09 Å². The Bertz CT molecular complexity index is 748. The van der Waals surface area contributed by atoms with E-state index in [0.717, 1.165) is 5.56 Å². The summed E-state index contributed by atoms with van der Waals surface area (Å²) in [6.45, 7) is 2.21. The fourth-order valence-electron chi connectivity index (χ4n) is 2.19. The van der Waals surface area contributed by atoms with Crippen molar-refractivity contribution in [1.82, 2.24) is 5.32 Å². The number of methoxy groups -OCH3 is 1. The summed E-state index contributed by atoms with van der Waals surface area (Å²) in [4.78, 5) is 23.4. The third kappa shape index (κ3) is 6.01. The molecule has 2 aromatic rings. The summed E-state index contributed by atoms with van der Waals surface area (Å²) in [6, 6.07) is 14.2. The van der Waals surface area contributed by atoms with Crippen LogP contribution in [0.3, 0.4) is 0 Å². The first kappa shape index (κ1) is 19.1. The summed E-state index contributed by atoms with van der Waals surface area (Å²) in [7, 11) is 1.58. The Morgan fingerprint density at radius 2 is 1.88 bits per heavy atom. The number of para-hydroxylation sites is 1. The van der Waals surface area contributed by atoms with Crippen molar-refractivity contribution < 1.29 is 23.8 Å². The van der Waals surface area contributed by atoms with Gasteiger partial charge in [-0.25, -0.2) is 4.79 Å². The van der Waals surface area contributed by atoms with E-state index in [1.54, 1.807) is 38.3 Å². The molecule has 7 nitrogen and oxygen atoms in total. The number of nitrogens with one attached hydrogen (secondary N) is 2. The van der Waals surface area contributed by atoms with Crippen LogP contribution < -0.4 is 20.1 Å². The minimum Gasteiger partial charge on any atom is -0.496 e. The van der Waals surface area contributed by atoms with Crippen LogP contribution in [0.4, 0.5) is 10.5 Å². The SMILES string of the molecule is CCOC(=O)Nc1cccc(OCC(=O)NCc2ccccc2OC)c1. The van der Waals surface area contributed by atoms with Crippen molar-refractivity contribution in [1.29, 1.82) is 0 Å². The number of anilines is 1. The molecule has 0 aromatic heterocycles. The summed E-state index contributed by atoms with van der Waals surface area (Å²) in [5, 5.41) is 5.35. The van der Waals surface area contributed by atoms with Crippen molar-refractivity contribution in [2.45, 2.75) is 13.5 Å². The Hall–Kier alpha value is -3.22. The molecule has 26 heavy (non-hydrogen) atoms. The third-order valence-corrected chi connectivity index (χ3v) is 3.39. The van der Waals surface area contributed by atoms with Crippen LogP contribution in [0.5, 0.6) is 11.5 Å². The van der Waals surface area contributed by atoms with Crippen LogP contribution in [-0.4, -0.2) is 32.3 Å². The Morgan fingerprint density at radius 3 is 2.65 bits per heavy atom. The molecule has 7 heteroatoms. The zero-order chi connectivity index (χ0) is 18.8. The van der Waals surface area contributed by atoms with Gasteiger partial charge in [0.15, 0.2) is 6.61 Å². The molecule has 0 fully saturated rings. The molecule has 0 heterocycles. The van der Waals surface area contributed by atoms with E-state index in [1.807, 2.05) is 24.3 Å². The molecule has 0 unspecified atom stereocenters. The average molecular weight is 358 g/mol. The molecule has 0 aliphatic carbocycles. The lowest BCUT2D eigenvalue weighted by Crippen LogP contribution is -2.28. The number of amides is 2. The van der Waals surface area contributed by atoms with E-state index in [-0.39, 0.29) is 19.1 Å². The number of rotatable bonds is 8. The van der Waals surface area contributed by atoms with Crippen molar-refractivity contribution in [3.05, 3.63) is 54.1 Å². The maximum absolute atomic E-state index is 12.0. The zero-order valence-corrected chi connectivity index (χ0v) is 14.8. The molecule has 0 bridgehead atoms. The van der Waals surface area contributed by atoms with E-state index in [2.05, 4.69) is 10.6 Å². The van der Waals surface area contributed by atoms with Crippen LogP contribution in [0.15, 0.2) is 48.5 Å². The molecule has 0 aliphatic heterocycles. The quantitative estimate of drug-likeness (QED) is 0.758. The van der Waals surface area contributed by atoms with E-state index < -0.39 is 6.09 Å². The molecule has 0 radical (unpaired) electrons. The Kier molecular flexibility index (Phi) is 7.30. The summed E-state index contributed by atoms with van der Waals surface area (Å²) in [5.74, 6) is 0.915. The minimum atomic E-state index is -0.542. The first-order valence-corrected chi connectivity index (χ1v) is 8.17. The van der Waals surface area contributed by atoms with Crippen LogP contribution >= 0.6 is 0 Å². The second-order valence-corrected chi connectivity index (χ2v) is 5.25. The fraction of sp³-hybridized carbons (Fsp3) is 0.263. The minimum absolute atomic E-state index is 0.141. The first-order chi connectivity index (χ1) is 12.6. The number of ether oxygens (including phenoxy) is 3. The molecule has 0 saturated carbocycles. The summed E-state index contributed by atoms with van der Waals surface area (Å²) < 4.78 is 15.5. The van der Waals surface area contributed by atoms with Crippen LogP contribution in [0, 0.1) is 0 Å². The standard InChI is InChI=1S/C19H22N2O5/c1-3-25-19(23)21-15-8-6-9-16(11-15)26-13-18(22)20-12-14-7-4-5-10-17(14)24-2/h4-11H,3,12-13H2,1-2H3,(H,20,22)(H,21,23). The number of carbonyl (C=O) groups is 2. The topological polar surface area (TPSA) is 85.9 Å². The van der Waals surface area contributed by atoms with E-state index in [9.17, 15) is 9.59 Å². The van der Waals surface area contributed by atoms with Gasteiger partial charge in [0.25, 0.3) is 5.91 Å². The Balaban J connectivity index is 1.82. The average Bonchev–Trinajstić information content (AvgIpc) is 2.65. The molecule has 2 rings (SSSR count). The fourth-order valence-corrected chi connectivity index (χ4v) is 2.19. The number of benzene rings is 2. The van der Waals surface area contributed by atoms with Crippen LogP contribution in [-0.2, 0) is 16.1 Å². The lowest BCUT2D eigenvalue weighted by atomic mass is 10.2. The second kappa shape index (κ2) is 9.93. The molecule has 2 amide bonds. The van der Waals surface area contributed by atoms with Gasteiger partial charge in [-0.3, -0.25) is 10.1 Å². The molecule has 0 atom stereocenters. The lowest BCUT2D eigenvalue weighted by Gasteiger charge is -2.11. The van der Waals surface area contributed by atoms with E-state index in [4.69, 9.17) is 14.2 Å². The highest BCUT2D eigenvalue weighted by atomic mass is 16.5. The molecule has 2 aromatic carbocycles. The summed E-state index contributed by atoms with van der Waals surface area (Å²) in [5.41, 5.74) is 1.40. The normalized spacial score (nSPS) is 9.92. The largest absolute Gasteiger partial charge is 0.496 e. The maximum Gasteiger partial charge on any atom is 0.411 e. The monoisotopic (exact) mass is 358 g/mol. The van der Waals surface area contributed by atoms with Gasteiger partial charge in [0.2, 0.25) is 0 Å². The maximum atomic E-state index is 12.0. The van der Waals surface area contributed by atoms with Crippen LogP contribution in [0.25, 0.3) is 0 Å². The third-order valence-electron chi connectivity index (χ3n) is 3.39. The predicted octanol–water partition coefficient (Wildman–Crippen LogP) is 2.96. The van der Waals surface area contributed by atoms with E-state index in [0.29, 0.717) is 23.7 Å². The summed E-state index contributed by atoms with van der Waals surface area (Å²) >= 11 is 0. The highest BCUT2D eigenvalue weighted by Gasteiger charge is 2.07. The van der Waals surface area contributed by atoms with Gasteiger partial charge in [-0.05, 0) is 25.1 Å². The molecule has 2 N–H and O–H groups in total. The van der Waals surface area contributed by atoms with Crippen molar-refractivity contribution in [2.24, 2.45) is 0 Å². The van der Waals surface area contributed by atoms with E-state index >= 15 is 0 Å². The second-order valence-electron chi connectivity index (χ2n) is 5.25. The van der Waals surface area contributed by atoms with Crippen LogP contribution in [0.1, 0.15) is 12.5 Å². The lowest BCUT2D eigenvalue weighted by molar-refractivity contribution is -0.123. The Morgan fingerprint density at radius 1 is 1.08 bits per heavy atom. The zero-order valence-electron chi connectivity index (χ0n) is 14.8. The van der Waals surface area contributed by atoms with Crippen molar-refractivity contribution in [3.63, 3.8) is 0 Å². The molecule has 0 spiro atoms. The van der Waals surface area contributed by atoms with Gasteiger partial charge in [-0.1, -0.05) is 24.3 Å². The smallest absolute Gasteiger partial charge is 0.411 e. The van der Waals surface area contributed by atoms with Crippen molar-refractivity contribution in [3.8, 4) is 11.5 Å².